The maximum absolute atomic E-state index is 11.8. The van der Waals surface area contributed by atoms with E-state index in [2.05, 4.69) is 27.0 Å². The lowest BCUT2D eigenvalue weighted by molar-refractivity contribution is 0.352. The summed E-state index contributed by atoms with van der Waals surface area (Å²) in [5.74, 6) is 0.385. The van der Waals surface area contributed by atoms with Gasteiger partial charge >= 0.3 is 11.2 Å². The number of H-pyrrole nitrogens is 1. The SMILES string of the molecule is COc1cc(C2C(C#N)=C(N)Oc3c2ccc2oc(=O)c(=O)[nH]c32)cc(Br)c1OC. The average molecular weight is 472 g/mol. The lowest BCUT2D eigenvalue weighted by Gasteiger charge is -2.27. The van der Waals surface area contributed by atoms with Gasteiger partial charge in [-0.25, -0.2) is 4.79 Å². The number of nitrogens with one attached hydrogen (secondary N) is 1. The van der Waals surface area contributed by atoms with Crippen LogP contribution in [0.15, 0.2) is 54.2 Å². The topological polar surface area (TPSA) is 141 Å². The molecule has 2 aromatic carbocycles. The van der Waals surface area contributed by atoms with Gasteiger partial charge in [-0.15, -0.1) is 0 Å². The van der Waals surface area contributed by atoms with Crippen molar-refractivity contribution in [3.05, 3.63) is 72.1 Å². The van der Waals surface area contributed by atoms with E-state index in [1.54, 1.807) is 18.2 Å². The summed E-state index contributed by atoms with van der Waals surface area (Å²) in [7, 11) is 3.02. The van der Waals surface area contributed by atoms with Gasteiger partial charge in [0.15, 0.2) is 22.8 Å². The Hall–Kier alpha value is -3.71. The van der Waals surface area contributed by atoms with Gasteiger partial charge in [-0.05, 0) is 39.7 Å². The molecule has 1 aliphatic rings. The number of aromatic nitrogens is 1. The van der Waals surface area contributed by atoms with E-state index >= 15 is 0 Å². The van der Waals surface area contributed by atoms with Crippen LogP contribution in [0.3, 0.4) is 0 Å². The van der Waals surface area contributed by atoms with E-state index in [4.69, 9.17) is 24.4 Å². The fraction of sp³-hybridized carbons (Fsp3) is 0.150. The second kappa shape index (κ2) is 7.27. The third-order valence-electron chi connectivity index (χ3n) is 4.76. The molecule has 0 saturated heterocycles. The highest BCUT2D eigenvalue weighted by Crippen LogP contribution is 2.47. The van der Waals surface area contributed by atoms with Crippen molar-refractivity contribution in [3.8, 4) is 23.3 Å². The second-order valence-corrected chi connectivity index (χ2v) is 7.22. The number of benzene rings is 2. The van der Waals surface area contributed by atoms with E-state index in [9.17, 15) is 14.9 Å². The normalized spacial score (nSPS) is 15.3. The van der Waals surface area contributed by atoms with Crippen molar-refractivity contribution >= 4 is 27.0 Å². The first-order valence-electron chi connectivity index (χ1n) is 8.58. The minimum Gasteiger partial charge on any atom is -0.493 e. The molecule has 0 spiro atoms. The number of ether oxygens (including phenoxy) is 3. The molecule has 2 heterocycles. The summed E-state index contributed by atoms with van der Waals surface area (Å²) in [5, 5.41) is 9.76. The molecule has 1 aliphatic heterocycles. The van der Waals surface area contributed by atoms with Gasteiger partial charge < -0.3 is 29.3 Å². The molecule has 0 amide bonds. The minimum absolute atomic E-state index is 0.124. The number of methoxy groups -OCH3 is 2. The molecule has 0 saturated carbocycles. The molecule has 0 bridgehead atoms. The van der Waals surface area contributed by atoms with E-state index in [0.29, 0.717) is 27.1 Å². The zero-order valence-electron chi connectivity index (χ0n) is 15.7. The van der Waals surface area contributed by atoms with Gasteiger partial charge in [-0.2, -0.15) is 5.26 Å². The molecule has 30 heavy (non-hydrogen) atoms. The minimum atomic E-state index is -1.03. The number of allylic oxidation sites excluding steroid dienone is 1. The Morgan fingerprint density at radius 2 is 2.00 bits per heavy atom. The number of rotatable bonds is 3. The summed E-state index contributed by atoms with van der Waals surface area (Å²) in [6, 6.07) is 8.78. The van der Waals surface area contributed by atoms with Crippen LogP contribution in [-0.2, 0) is 0 Å². The van der Waals surface area contributed by atoms with E-state index in [1.165, 1.54) is 20.3 Å². The number of halogens is 1. The van der Waals surface area contributed by atoms with Crippen LogP contribution in [0.4, 0.5) is 0 Å². The summed E-state index contributed by atoms with van der Waals surface area (Å²) in [6.45, 7) is 0. The van der Waals surface area contributed by atoms with Gasteiger partial charge in [0.05, 0.1) is 24.6 Å². The van der Waals surface area contributed by atoms with Crippen molar-refractivity contribution in [2.75, 3.05) is 14.2 Å². The van der Waals surface area contributed by atoms with Gasteiger partial charge in [0.2, 0.25) is 5.88 Å². The zero-order valence-corrected chi connectivity index (χ0v) is 17.3. The standard InChI is InChI=1S/C20H14BrN3O6/c1-27-13-6-8(5-11(21)17(13)28-2)14-9-3-4-12-15(24-19(25)20(26)29-12)16(9)30-18(23)10(14)7-22/h3-6,14H,23H2,1-2H3,(H,24,25). The first-order chi connectivity index (χ1) is 14.4. The predicted octanol–water partition coefficient (Wildman–Crippen LogP) is 2.48. The number of nitriles is 1. The molecule has 4 rings (SSSR count). The summed E-state index contributed by atoms with van der Waals surface area (Å²) in [5.41, 5.74) is 5.77. The average Bonchev–Trinajstić information content (AvgIpc) is 2.73. The van der Waals surface area contributed by atoms with Crippen molar-refractivity contribution in [1.29, 1.82) is 5.26 Å². The van der Waals surface area contributed by atoms with Gasteiger partial charge in [0.1, 0.15) is 17.2 Å². The highest BCUT2D eigenvalue weighted by Gasteiger charge is 2.33. The molecule has 1 unspecified atom stereocenters. The molecule has 10 heteroatoms. The van der Waals surface area contributed by atoms with E-state index < -0.39 is 17.1 Å². The number of nitrogens with zero attached hydrogens (tertiary/aromatic N) is 1. The number of hydrogen-bond acceptors (Lipinski definition) is 8. The molecule has 152 valence electrons. The third kappa shape index (κ3) is 2.91. The molecular weight excluding hydrogens is 458 g/mol. The molecule has 0 radical (unpaired) electrons. The lowest BCUT2D eigenvalue weighted by Crippen LogP contribution is -2.27. The van der Waals surface area contributed by atoms with Crippen LogP contribution in [0.25, 0.3) is 11.1 Å². The number of nitrogens with two attached hydrogens (primary N) is 1. The van der Waals surface area contributed by atoms with Crippen LogP contribution in [0, 0.1) is 11.3 Å². The van der Waals surface area contributed by atoms with E-state index in [0.717, 1.165) is 0 Å². The molecule has 3 aromatic rings. The van der Waals surface area contributed by atoms with Crippen LogP contribution in [0.5, 0.6) is 17.2 Å². The number of aromatic amines is 1. The Morgan fingerprint density at radius 3 is 2.67 bits per heavy atom. The number of hydrogen-bond donors (Lipinski definition) is 2. The van der Waals surface area contributed by atoms with Gasteiger partial charge in [0.25, 0.3) is 0 Å². The van der Waals surface area contributed by atoms with Gasteiger partial charge in [-0.1, -0.05) is 6.07 Å². The Balaban J connectivity index is 2.04. The first-order valence-corrected chi connectivity index (χ1v) is 9.38. The summed E-state index contributed by atoms with van der Waals surface area (Å²) >= 11 is 3.46. The van der Waals surface area contributed by atoms with Crippen molar-refractivity contribution in [2.45, 2.75) is 5.92 Å². The lowest BCUT2D eigenvalue weighted by atomic mass is 9.83. The third-order valence-corrected chi connectivity index (χ3v) is 5.35. The summed E-state index contributed by atoms with van der Waals surface area (Å²) in [6.07, 6.45) is 0. The molecule has 0 aliphatic carbocycles. The predicted molar refractivity (Wildman–Crippen MR) is 110 cm³/mol. The van der Waals surface area contributed by atoms with Crippen LogP contribution in [-0.4, -0.2) is 19.2 Å². The molecule has 1 aromatic heterocycles. The second-order valence-electron chi connectivity index (χ2n) is 6.36. The summed E-state index contributed by atoms with van der Waals surface area (Å²) in [4.78, 5) is 25.8. The Bertz CT molecular complexity index is 1380. The molecule has 3 N–H and O–H groups in total. The van der Waals surface area contributed by atoms with Crippen LogP contribution < -0.4 is 31.1 Å². The fourth-order valence-electron chi connectivity index (χ4n) is 3.47. The zero-order chi connectivity index (χ0) is 21.6. The van der Waals surface area contributed by atoms with Crippen molar-refractivity contribution in [2.24, 2.45) is 5.73 Å². The molecule has 1 atom stereocenters. The van der Waals surface area contributed by atoms with Gasteiger partial charge in [0, 0.05) is 5.56 Å². The largest absolute Gasteiger partial charge is 0.493 e. The highest BCUT2D eigenvalue weighted by atomic mass is 79.9. The maximum atomic E-state index is 11.8. The van der Waals surface area contributed by atoms with Crippen molar-refractivity contribution in [3.63, 3.8) is 0 Å². The van der Waals surface area contributed by atoms with Gasteiger partial charge in [-0.3, -0.25) is 4.79 Å². The molecular formula is C20H14BrN3O6. The maximum Gasteiger partial charge on any atom is 0.402 e. The molecule has 0 fully saturated rings. The van der Waals surface area contributed by atoms with E-state index in [1.807, 2.05) is 0 Å². The summed E-state index contributed by atoms with van der Waals surface area (Å²) < 4.78 is 22.1. The van der Waals surface area contributed by atoms with Crippen molar-refractivity contribution < 1.29 is 18.6 Å². The van der Waals surface area contributed by atoms with Crippen LogP contribution >= 0.6 is 15.9 Å². The van der Waals surface area contributed by atoms with Crippen LogP contribution in [0.2, 0.25) is 0 Å². The number of fused-ring (bicyclic) bond motifs is 3. The fourth-order valence-corrected chi connectivity index (χ4v) is 4.09. The van der Waals surface area contributed by atoms with Crippen LogP contribution in [0.1, 0.15) is 17.0 Å². The molecule has 9 nitrogen and oxygen atoms in total. The Labute approximate surface area is 177 Å². The first kappa shape index (κ1) is 19.6. The highest BCUT2D eigenvalue weighted by molar-refractivity contribution is 9.10. The Kier molecular flexibility index (Phi) is 4.75. The van der Waals surface area contributed by atoms with E-state index in [-0.39, 0.29) is 28.3 Å². The quantitative estimate of drug-likeness (QED) is 0.554. The monoisotopic (exact) mass is 471 g/mol. The Morgan fingerprint density at radius 1 is 1.23 bits per heavy atom. The smallest absolute Gasteiger partial charge is 0.402 e. The van der Waals surface area contributed by atoms with Crippen molar-refractivity contribution in [1.82, 2.24) is 4.98 Å².